The van der Waals surface area contributed by atoms with Gasteiger partial charge in [0.05, 0.1) is 7.11 Å². The molecule has 1 aromatic heterocycles. The zero-order chi connectivity index (χ0) is 22.3. The molecule has 1 heterocycles. The number of fused-ring (bicyclic) bond motifs is 1. The third-order valence-electron chi connectivity index (χ3n) is 5.71. The van der Waals surface area contributed by atoms with Crippen LogP contribution < -0.4 is 10.6 Å². The van der Waals surface area contributed by atoms with Crippen LogP contribution in [-0.4, -0.2) is 36.7 Å². The number of hydrogen-bond donors (Lipinski definition) is 3. The highest BCUT2D eigenvalue weighted by molar-refractivity contribution is 5.86. The Kier molecular flexibility index (Phi) is 11.6. The van der Waals surface area contributed by atoms with Gasteiger partial charge in [0.2, 0.25) is 0 Å². The van der Waals surface area contributed by atoms with Crippen molar-refractivity contribution in [1.82, 2.24) is 15.6 Å². The minimum absolute atomic E-state index is 0.328. The predicted octanol–water partition coefficient (Wildman–Crippen LogP) is 5.47. The summed E-state index contributed by atoms with van der Waals surface area (Å²) in [6, 6.07) is 6.85. The SMILES string of the molecule is CCCCCCCCCCCCNC(=O)N[C@@H](Cc1c[nH]c2ccccc12)C(=O)OC. The number of aromatic amines is 1. The summed E-state index contributed by atoms with van der Waals surface area (Å²) in [6.07, 6.45) is 14.8. The first-order chi connectivity index (χ1) is 15.2. The monoisotopic (exact) mass is 429 g/mol. The molecule has 0 radical (unpaired) electrons. The second-order valence-corrected chi connectivity index (χ2v) is 8.22. The van der Waals surface area contributed by atoms with Gasteiger partial charge in [0.15, 0.2) is 0 Å². The van der Waals surface area contributed by atoms with Crippen LogP contribution in [0.25, 0.3) is 10.9 Å². The van der Waals surface area contributed by atoms with Crippen LogP contribution >= 0.6 is 0 Å². The van der Waals surface area contributed by atoms with Crippen molar-refractivity contribution >= 4 is 22.9 Å². The molecule has 0 aliphatic carbocycles. The van der Waals surface area contributed by atoms with E-state index < -0.39 is 12.0 Å². The first kappa shape index (κ1) is 24.8. The molecule has 6 heteroatoms. The summed E-state index contributed by atoms with van der Waals surface area (Å²) in [6.45, 7) is 2.86. The highest BCUT2D eigenvalue weighted by Crippen LogP contribution is 2.19. The Hall–Kier alpha value is -2.50. The van der Waals surface area contributed by atoms with Crippen LogP contribution in [0.3, 0.4) is 0 Å². The van der Waals surface area contributed by atoms with Crippen LogP contribution in [0.5, 0.6) is 0 Å². The number of urea groups is 1. The molecule has 0 unspecified atom stereocenters. The van der Waals surface area contributed by atoms with E-state index in [-0.39, 0.29) is 6.03 Å². The van der Waals surface area contributed by atoms with Crippen molar-refractivity contribution in [1.29, 1.82) is 0 Å². The van der Waals surface area contributed by atoms with E-state index >= 15 is 0 Å². The Balaban J connectivity index is 1.65. The molecule has 6 nitrogen and oxygen atoms in total. The molecule has 0 aliphatic rings. The Bertz CT molecular complexity index is 787. The van der Waals surface area contributed by atoms with Gasteiger partial charge in [-0.25, -0.2) is 9.59 Å². The number of hydrogen-bond acceptors (Lipinski definition) is 3. The molecule has 0 aliphatic heterocycles. The molecule has 3 N–H and O–H groups in total. The lowest BCUT2D eigenvalue weighted by atomic mass is 10.1. The van der Waals surface area contributed by atoms with Gasteiger partial charge < -0.3 is 20.4 Å². The molecule has 2 aromatic rings. The fourth-order valence-electron chi connectivity index (χ4n) is 3.88. The molecule has 172 valence electrons. The number of amides is 2. The number of para-hydroxylation sites is 1. The minimum atomic E-state index is -0.725. The van der Waals surface area contributed by atoms with Gasteiger partial charge in [-0.3, -0.25) is 0 Å². The predicted molar refractivity (Wildman–Crippen MR) is 126 cm³/mol. The van der Waals surface area contributed by atoms with Crippen LogP contribution in [0.15, 0.2) is 30.5 Å². The molecule has 0 saturated carbocycles. The summed E-state index contributed by atoms with van der Waals surface area (Å²) in [5, 5.41) is 6.68. The van der Waals surface area contributed by atoms with Gasteiger partial charge in [-0.15, -0.1) is 0 Å². The molecule has 0 fully saturated rings. The molecular weight excluding hydrogens is 390 g/mol. The number of ether oxygens (including phenoxy) is 1. The molecule has 0 saturated heterocycles. The van der Waals surface area contributed by atoms with Crippen molar-refractivity contribution in [2.24, 2.45) is 0 Å². The maximum atomic E-state index is 12.3. The van der Waals surface area contributed by atoms with Crippen LogP contribution in [0, 0.1) is 0 Å². The molecule has 1 aromatic carbocycles. The molecule has 0 spiro atoms. The van der Waals surface area contributed by atoms with E-state index in [1.165, 1.54) is 58.5 Å². The maximum absolute atomic E-state index is 12.3. The van der Waals surface area contributed by atoms with E-state index in [4.69, 9.17) is 4.74 Å². The molecule has 2 amide bonds. The number of carbonyl (C=O) groups excluding carboxylic acids is 2. The van der Waals surface area contributed by atoms with Gasteiger partial charge >= 0.3 is 12.0 Å². The van der Waals surface area contributed by atoms with E-state index in [0.29, 0.717) is 13.0 Å². The lowest BCUT2D eigenvalue weighted by molar-refractivity contribution is -0.142. The van der Waals surface area contributed by atoms with Crippen LogP contribution in [0.4, 0.5) is 4.79 Å². The van der Waals surface area contributed by atoms with Gasteiger partial charge in [0.25, 0.3) is 0 Å². The highest BCUT2D eigenvalue weighted by atomic mass is 16.5. The van der Waals surface area contributed by atoms with Crippen LogP contribution in [0.2, 0.25) is 0 Å². The van der Waals surface area contributed by atoms with Gasteiger partial charge in [-0.2, -0.15) is 0 Å². The highest BCUT2D eigenvalue weighted by Gasteiger charge is 2.23. The Labute approximate surface area is 186 Å². The number of methoxy groups -OCH3 is 1. The van der Waals surface area contributed by atoms with E-state index in [2.05, 4.69) is 22.5 Å². The van der Waals surface area contributed by atoms with Gasteiger partial charge in [-0.05, 0) is 18.1 Å². The molecule has 2 rings (SSSR count). The molecule has 31 heavy (non-hydrogen) atoms. The fourth-order valence-corrected chi connectivity index (χ4v) is 3.88. The van der Waals surface area contributed by atoms with Crippen molar-refractivity contribution < 1.29 is 14.3 Å². The van der Waals surface area contributed by atoms with E-state index in [0.717, 1.165) is 29.3 Å². The second kappa shape index (κ2) is 14.5. The number of carbonyl (C=O) groups is 2. The average molecular weight is 430 g/mol. The standard InChI is InChI=1S/C25H39N3O3/c1-3-4-5-6-7-8-9-10-11-14-17-26-25(30)28-23(24(29)31-2)18-20-19-27-22-16-13-12-15-21(20)22/h12-13,15-16,19,23,27H,3-11,14,17-18H2,1-2H3,(H2,26,28,30)/t23-/m0/s1. The zero-order valence-corrected chi connectivity index (χ0v) is 19.2. The number of benzene rings is 1. The summed E-state index contributed by atoms with van der Waals surface area (Å²) >= 11 is 0. The summed E-state index contributed by atoms with van der Waals surface area (Å²) in [7, 11) is 1.34. The van der Waals surface area contributed by atoms with Gasteiger partial charge in [0.1, 0.15) is 6.04 Å². The topological polar surface area (TPSA) is 83.2 Å². The van der Waals surface area contributed by atoms with Crippen LogP contribution in [-0.2, 0) is 16.0 Å². The number of nitrogens with one attached hydrogen (secondary N) is 3. The first-order valence-electron chi connectivity index (χ1n) is 11.8. The number of esters is 1. The van der Waals surface area contributed by atoms with Crippen molar-refractivity contribution in [3.8, 4) is 0 Å². The first-order valence-corrected chi connectivity index (χ1v) is 11.8. The smallest absolute Gasteiger partial charge is 0.328 e. The zero-order valence-electron chi connectivity index (χ0n) is 19.2. The fraction of sp³-hybridized carbons (Fsp3) is 0.600. The van der Waals surface area contributed by atoms with Gasteiger partial charge in [0, 0.05) is 30.1 Å². The molecule has 0 bridgehead atoms. The normalized spacial score (nSPS) is 11.9. The minimum Gasteiger partial charge on any atom is -0.467 e. The molecule has 1 atom stereocenters. The number of unbranched alkanes of at least 4 members (excludes halogenated alkanes) is 9. The summed E-state index contributed by atoms with van der Waals surface area (Å²) < 4.78 is 4.89. The third kappa shape index (κ3) is 9.03. The lowest BCUT2D eigenvalue weighted by Gasteiger charge is -2.17. The van der Waals surface area contributed by atoms with Crippen molar-refractivity contribution in [3.05, 3.63) is 36.0 Å². The summed E-state index contributed by atoms with van der Waals surface area (Å²) in [4.78, 5) is 27.7. The lowest BCUT2D eigenvalue weighted by Crippen LogP contribution is -2.47. The third-order valence-corrected chi connectivity index (χ3v) is 5.71. The van der Waals surface area contributed by atoms with Crippen LogP contribution in [0.1, 0.15) is 76.7 Å². The van der Waals surface area contributed by atoms with Crippen molar-refractivity contribution in [3.63, 3.8) is 0 Å². The summed E-state index contributed by atoms with van der Waals surface area (Å²) in [5.41, 5.74) is 1.98. The quantitative estimate of drug-likeness (QED) is 0.259. The molecular formula is C25H39N3O3. The Morgan fingerprint density at radius 3 is 2.29 bits per heavy atom. The number of aromatic nitrogens is 1. The maximum Gasteiger partial charge on any atom is 0.328 e. The van der Waals surface area contributed by atoms with E-state index in [1.807, 2.05) is 30.5 Å². The van der Waals surface area contributed by atoms with E-state index in [9.17, 15) is 9.59 Å². The van der Waals surface area contributed by atoms with E-state index in [1.54, 1.807) is 0 Å². The van der Waals surface area contributed by atoms with Crippen molar-refractivity contribution in [2.75, 3.05) is 13.7 Å². The van der Waals surface area contributed by atoms with Crippen molar-refractivity contribution in [2.45, 2.75) is 83.6 Å². The number of H-pyrrole nitrogens is 1. The van der Waals surface area contributed by atoms with Gasteiger partial charge in [-0.1, -0.05) is 82.9 Å². The number of rotatable bonds is 15. The Morgan fingerprint density at radius 1 is 0.968 bits per heavy atom. The second-order valence-electron chi connectivity index (χ2n) is 8.22. The average Bonchev–Trinajstić information content (AvgIpc) is 3.19. The Morgan fingerprint density at radius 2 is 1.61 bits per heavy atom. The summed E-state index contributed by atoms with van der Waals surface area (Å²) in [5.74, 6) is -0.445. The largest absolute Gasteiger partial charge is 0.467 e.